The number of nitrogens with one attached hydrogen (secondary N) is 1. The zero-order valence-corrected chi connectivity index (χ0v) is 12.1. The van der Waals surface area contributed by atoms with Crippen molar-refractivity contribution in [1.29, 1.82) is 0 Å². The third-order valence-corrected chi connectivity index (χ3v) is 3.36. The van der Waals surface area contributed by atoms with Crippen LogP contribution in [-0.4, -0.2) is 26.6 Å². The largest absolute Gasteiger partial charge is 0.386 e. The Morgan fingerprint density at radius 1 is 1.24 bits per heavy atom. The molecule has 3 heterocycles. The van der Waals surface area contributed by atoms with E-state index in [1.807, 2.05) is 17.7 Å². The van der Waals surface area contributed by atoms with Crippen molar-refractivity contribution in [3.05, 3.63) is 36.7 Å². The van der Waals surface area contributed by atoms with Gasteiger partial charge < -0.3 is 9.88 Å². The van der Waals surface area contributed by atoms with Crippen LogP contribution in [0.2, 0.25) is 0 Å². The Morgan fingerprint density at radius 3 is 2.71 bits per heavy atom. The Hall–Kier alpha value is -2.50. The molecule has 0 aliphatic carbocycles. The molecule has 0 bridgehead atoms. The van der Waals surface area contributed by atoms with Gasteiger partial charge in [-0.15, -0.1) is 0 Å². The Balaban J connectivity index is 2.26. The highest BCUT2D eigenvalue weighted by Crippen LogP contribution is 2.28. The smallest absolute Gasteiger partial charge is 0.162 e. The molecule has 21 heavy (non-hydrogen) atoms. The Morgan fingerprint density at radius 2 is 2.05 bits per heavy atom. The van der Waals surface area contributed by atoms with Crippen LogP contribution < -0.4 is 5.32 Å². The molecular formula is C15H16FN5. The molecule has 0 spiro atoms. The number of halogens is 1. The summed E-state index contributed by atoms with van der Waals surface area (Å²) in [5, 5.41) is 3.12. The van der Waals surface area contributed by atoms with Crippen LogP contribution in [0.15, 0.2) is 30.9 Å². The van der Waals surface area contributed by atoms with Gasteiger partial charge in [0.25, 0.3) is 0 Å². The molecule has 3 aromatic rings. The van der Waals surface area contributed by atoms with Gasteiger partial charge in [0.1, 0.15) is 11.3 Å². The summed E-state index contributed by atoms with van der Waals surface area (Å²) >= 11 is 0. The third-order valence-electron chi connectivity index (χ3n) is 3.36. The highest BCUT2D eigenvalue weighted by molar-refractivity contribution is 5.88. The predicted molar refractivity (Wildman–Crippen MR) is 80.6 cm³/mol. The molecule has 1 N–H and O–H groups in total. The van der Waals surface area contributed by atoms with E-state index >= 15 is 0 Å². The van der Waals surface area contributed by atoms with E-state index in [2.05, 4.69) is 34.1 Å². The van der Waals surface area contributed by atoms with E-state index in [0.29, 0.717) is 11.3 Å². The lowest BCUT2D eigenvalue weighted by Gasteiger charge is -2.10. The first-order chi connectivity index (χ1) is 10.1. The highest BCUT2D eigenvalue weighted by Gasteiger charge is 2.14. The number of anilines is 1. The zero-order valence-electron chi connectivity index (χ0n) is 12.1. The molecular weight excluding hydrogens is 269 g/mol. The van der Waals surface area contributed by atoms with Crippen LogP contribution in [0.5, 0.6) is 0 Å². The molecule has 108 valence electrons. The maximum atomic E-state index is 13.4. The van der Waals surface area contributed by atoms with Crippen LogP contribution in [0.25, 0.3) is 22.4 Å². The minimum atomic E-state index is -0.377. The second kappa shape index (κ2) is 5.12. The van der Waals surface area contributed by atoms with E-state index in [0.717, 1.165) is 16.9 Å². The van der Waals surface area contributed by atoms with Gasteiger partial charge in [0.2, 0.25) is 0 Å². The average molecular weight is 285 g/mol. The van der Waals surface area contributed by atoms with Crippen LogP contribution in [0, 0.1) is 5.82 Å². The third kappa shape index (κ3) is 2.33. The number of pyridine rings is 2. The Labute approximate surface area is 121 Å². The van der Waals surface area contributed by atoms with Crippen molar-refractivity contribution in [2.24, 2.45) is 0 Å². The van der Waals surface area contributed by atoms with Crippen LogP contribution in [0.1, 0.15) is 19.9 Å². The molecule has 0 radical (unpaired) electrons. The van der Waals surface area contributed by atoms with Gasteiger partial charge in [0.05, 0.1) is 23.9 Å². The molecule has 0 unspecified atom stereocenters. The summed E-state index contributed by atoms with van der Waals surface area (Å²) in [6.45, 7) is 4.14. The number of nitrogens with zero attached hydrogens (tertiary/aromatic N) is 4. The molecule has 5 nitrogen and oxygen atoms in total. The fourth-order valence-corrected chi connectivity index (χ4v) is 2.28. The van der Waals surface area contributed by atoms with Gasteiger partial charge in [0, 0.05) is 24.8 Å². The summed E-state index contributed by atoms with van der Waals surface area (Å²) in [7, 11) is 1.83. The molecule has 0 aromatic carbocycles. The van der Waals surface area contributed by atoms with Crippen molar-refractivity contribution in [3.63, 3.8) is 0 Å². The van der Waals surface area contributed by atoms with E-state index in [-0.39, 0.29) is 11.9 Å². The Bertz CT molecular complexity index is 794. The molecule has 0 saturated carbocycles. The molecule has 0 saturated heterocycles. The summed E-state index contributed by atoms with van der Waals surface area (Å²) in [5.74, 6) is -0.377. The van der Waals surface area contributed by atoms with Crippen molar-refractivity contribution in [2.45, 2.75) is 19.9 Å². The number of aromatic nitrogens is 4. The van der Waals surface area contributed by atoms with Crippen molar-refractivity contribution in [1.82, 2.24) is 19.5 Å². The summed E-state index contributed by atoms with van der Waals surface area (Å²) in [6.07, 6.45) is 4.56. The highest BCUT2D eigenvalue weighted by atomic mass is 19.1. The molecule has 3 rings (SSSR count). The lowest BCUT2D eigenvalue weighted by molar-refractivity contribution is 0.613. The lowest BCUT2D eigenvalue weighted by Crippen LogP contribution is -2.01. The number of imidazole rings is 1. The van der Waals surface area contributed by atoms with Gasteiger partial charge >= 0.3 is 0 Å². The van der Waals surface area contributed by atoms with Gasteiger partial charge in [-0.05, 0) is 26.0 Å². The van der Waals surface area contributed by atoms with Crippen molar-refractivity contribution >= 4 is 16.9 Å². The van der Waals surface area contributed by atoms with Crippen molar-refractivity contribution < 1.29 is 4.39 Å². The minimum Gasteiger partial charge on any atom is -0.386 e. The quantitative estimate of drug-likeness (QED) is 0.802. The van der Waals surface area contributed by atoms with Gasteiger partial charge in [-0.25, -0.2) is 14.4 Å². The molecule has 0 aliphatic heterocycles. The first-order valence-corrected chi connectivity index (χ1v) is 6.76. The predicted octanol–water partition coefficient (Wildman–Crippen LogP) is 3.26. The van der Waals surface area contributed by atoms with Crippen molar-refractivity contribution in [3.8, 4) is 11.3 Å². The molecule has 0 fully saturated rings. The van der Waals surface area contributed by atoms with Gasteiger partial charge in [-0.2, -0.15) is 0 Å². The second-order valence-corrected chi connectivity index (χ2v) is 5.11. The lowest BCUT2D eigenvalue weighted by atomic mass is 10.1. The maximum absolute atomic E-state index is 13.4. The van der Waals surface area contributed by atoms with Crippen LogP contribution >= 0.6 is 0 Å². The topological polar surface area (TPSA) is 55.6 Å². The van der Waals surface area contributed by atoms with Crippen LogP contribution in [-0.2, 0) is 0 Å². The van der Waals surface area contributed by atoms with E-state index < -0.39 is 0 Å². The fourth-order valence-electron chi connectivity index (χ4n) is 2.28. The summed E-state index contributed by atoms with van der Waals surface area (Å²) < 4.78 is 15.4. The fraction of sp³-hybridized carbons (Fsp3) is 0.267. The number of fused-ring (bicyclic) bond motifs is 1. The van der Waals surface area contributed by atoms with Crippen molar-refractivity contribution in [2.75, 3.05) is 12.4 Å². The van der Waals surface area contributed by atoms with Gasteiger partial charge in [-0.1, -0.05) is 0 Å². The Kier molecular flexibility index (Phi) is 3.29. The molecule has 0 aliphatic rings. The van der Waals surface area contributed by atoms with Gasteiger partial charge in [0.15, 0.2) is 5.65 Å². The molecule has 0 atom stereocenters. The molecule has 0 amide bonds. The first kappa shape index (κ1) is 13.5. The number of hydrogen-bond donors (Lipinski definition) is 1. The summed E-state index contributed by atoms with van der Waals surface area (Å²) in [5.41, 5.74) is 3.75. The minimum absolute atomic E-state index is 0.244. The molecule has 6 heteroatoms. The standard InChI is InChI=1S/C15H16FN5/c1-9(2)21-8-19-14-13(17-3)5-12(20-15(14)21)10-4-11(16)7-18-6-10/h4-9H,1-3H3,(H,17,20). The number of rotatable bonds is 3. The SMILES string of the molecule is CNc1cc(-c2cncc(F)c2)nc2c1ncn2C(C)C. The average Bonchev–Trinajstić information content (AvgIpc) is 2.90. The van der Waals surface area contributed by atoms with E-state index in [9.17, 15) is 4.39 Å². The second-order valence-electron chi connectivity index (χ2n) is 5.11. The van der Waals surface area contributed by atoms with Crippen LogP contribution in [0.3, 0.4) is 0 Å². The van der Waals surface area contributed by atoms with Crippen LogP contribution in [0.4, 0.5) is 10.1 Å². The number of hydrogen-bond acceptors (Lipinski definition) is 4. The summed E-state index contributed by atoms with van der Waals surface area (Å²) in [4.78, 5) is 12.9. The van der Waals surface area contributed by atoms with E-state index in [1.54, 1.807) is 12.5 Å². The summed E-state index contributed by atoms with van der Waals surface area (Å²) in [6, 6.07) is 3.53. The monoisotopic (exact) mass is 285 g/mol. The zero-order chi connectivity index (χ0) is 15.0. The van der Waals surface area contributed by atoms with E-state index in [4.69, 9.17) is 0 Å². The van der Waals surface area contributed by atoms with E-state index in [1.165, 1.54) is 12.3 Å². The van der Waals surface area contributed by atoms with Gasteiger partial charge in [-0.3, -0.25) is 4.98 Å². The molecule has 3 aromatic heterocycles. The normalized spacial score (nSPS) is 11.3. The maximum Gasteiger partial charge on any atom is 0.162 e. The first-order valence-electron chi connectivity index (χ1n) is 6.76.